The van der Waals surface area contributed by atoms with Crippen LogP contribution >= 0.6 is 0 Å². The number of carbonyl (C=O) groups excluding carboxylic acids is 1. The molecule has 1 N–H and O–H groups in total. The number of nitrogens with zero attached hydrogens (tertiary/aromatic N) is 1. The smallest absolute Gasteiger partial charge is 0.243 e. The summed E-state index contributed by atoms with van der Waals surface area (Å²) in [6, 6.07) is 8.49. The molecule has 1 fully saturated rings. The molecule has 1 saturated heterocycles. The van der Waals surface area contributed by atoms with Gasteiger partial charge in [-0.05, 0) is 45.2 Å². The Balaban J connectivity index is 2.06. The molecule has 0 aliphatic carbocycles. The van der Waals surface area contributed by atoms with E-state index < -0.39 is 0 Å². The molecule has 3 heteroatoms. The molecular weight excluding hydrogens is 224 g/mol. The van der Waals surface area contributed by atoms with Crippen molar-refractivity contribution in [2.75, 3.05) is 11.9 Å². The van der Waals surface area contributed by atoms with Crippen molar-refractivity contribution in [1.82, 2.24) is 5.32 Å². The molecule has 3 nitrogen and oxygen atoms in total. The lowest BCUT2D eigenvalue weighted by molar-refractivity contribution is -0.121. The average Bonchev–Trinajstić information content (AvgIpc) is 2.38. The third kappa shape index (κ3) is 2.91. The molecule has 1 heterocycles. The molecule has 0 saturated carbocycles. The molecular formula is C15H22N2O. The normalized spacial score (nSPS) is 23.7. The predicted molar refractivity (Wildman–Crippen MR) is 74.8 cm³/mol. The molecule has 98 valence electrons. The number of aryl methyl sites for hydroxylation is 1. The van der Waals surface area contributed by atoms with Crippen LogP contribution in [0.25, 0.3) is 0 Å². The molecule has 1 aromatic carbocycles. The summed E-state index contributed by atoms with van der Waals surface area (Å²) in [5, 5.41) is 3.39. The maximum Gasteiger partial charge on any atom is 0.243 e. The Labute approximate surface area is 109 Å². The van der Waals surface area contributed by atoms with Gasteiger partial charge in [-0.15, -0.1) is 0 Å². The third-order valence-corrected chi connectivity index (χ3v) is 3.67. The van der Waals surface area contributed by atoms with Crippen LogP contribution in [-0.2, 0) is 4.79 Å². The highest BCUT2D eigenvalue weighted by atomic mass is 16.2. The van der Waals surface area contributed by atoms with Crippen LogP contribution in [0.4, 0.5) is 5.69 Å². The second-order valence-electron chi connectivity index (χ2n) is 5.28. The van der Waals surface area contributed by atoms with E-state index in [-0.39, 0.29) is 11.9 Å². The minimum atomic E-state index is -0.0277. The topological polar surface area (TPSA) is 32.3 Å². The largest absolute Gasteiger partial charge is 0.314 e. The van der Waals surface area contributed by atoms with Gasteiger partial charge < -0.3 is 10.2 Å². The van der Waals surface area contributed by atoms with E-state index in [4.69, 9.17) is 0 Å². The Bertz CT molecular complexity index is 413. The zero-order valence-electron chi connectivity index (χ0n) is 11.4. The summed E-state index contributed by atoms with van der Waals surface area (Å²) in [5.41, 5.74) is 2.18. The maximum absolute atomic E-state index is 12.4. The van der Waals surface area contributed by atoms with Gasteiger partial charge >= 0.3 is 0 Å². The number of nitrogens with one attached hydrogen (secondary N) is 1. The highest BCUT2D eigenvalue weighted by Gasteiger charge is 2.26. The molecule has 1 aliphatic rings. The Morgan fingerprint density at radius 2 is 1.94 bits per heavy atom. The van der Waals surface area contributed by atoms with Gasteiger partial charge in [0.2, 0.25) is 5.91 Å². The zero-order valence-corrected chi connectivity index (χ0v) is 11.4. The molecule has 0 unspecified atom stereocenters. The first kappa shape index (κ1) is 13.1. The second-order valence-corrected chi connectivity index (χ2v) is 5.28. The van der Waals surface area contributed by atoms with Gasteiger partial charge in [0.1, 0.15) is 0 Å². The number of carbonyl (C=O) groups is 1. The fourth-order valence-electron chi connectivity index (χ4n) is 2.46. The molecule has 2 atom stereocenters. The Morgan fingerprint density at radius 3 is 2.56 bits per heavy atom. The van der Waals surface area contributed by atoms with E-state index in [2.05, 4.69) is 19.2 Å². The zero-order chi connectivity index (χ0) is 13.1. The number of rotatable bonds is 2. The number of piperidine rings is 1. The summed E-state index contributed by atoms with van der Waals surface area (Å²) in [6.45, 7) is 4.20. The number of amides is 1. The van der Waals surface area contributed by atoms with E-state index in [0.717, 1.165) is 24.9 Å². The summed E-state index contributed by atoms with van der Waals surface area (Å²) < 4.78 is 0. The second kappa shape index (κ2) is 5.53. The van der Waals surface area contributed by atoms with Gasteiger partial charge in [0.25, 0.3) is 0 Å². The van der Waals surface area contributed by atoms with Crippen LogP contribution in [-0.4, -0.2) is 25.0 Å². The quantitative estimate of drug-likeness (QED) is 0.869. The molecule has 0 radical (unpaired) electrons. The third-order valence-electron chi connectivity index (χ3n) is 3.67. The average molecular weight is 246 g/mol. The summed E-state index contributed by atoms with van der Waals surface area (Å²) in [5.74, 6) is 0.172. The molecule has 0 bridgehead atoms. The van der Waals surface area contributed by atoms with Gasteiger partial charge in [0, 0.05) is 18.8 Å². The van der Waals surface area contributed by atoms with Crippen molar-refractivity contribution in [2.24, 2.45) is 0 Å². The number of anilines is 1. The SMILES string of the molecule is Cc1ccc(N(C)C(=O)[C@@H]2CCC[C@@H](C)N2)cc1. The molecule has 2 rings (SSSR count). The fourth-order valence-corrected chi connectivity index (χ4v) is 2.46. The van der Waals surface area contributed by atoms with Gasteiger partial charge in [-0.1, -0.05) is 17.7 Å². The summed E-state index contributed by atoms with van der Waals surface area (Å²) in [7, 11) is 1.86. The Hall–Kier alpha value is -1.35. The molecule has 0 aromatic heterocycles. The highest BCUT2D eigenvalue weighted by Crippen LogP contribution is 2.18. The van der Waals surface area contributed by atoms with Crippen LogP contribution in [0, 0.1) is 6.92 Å². The number of hydrogen-bond donors (Lipinski definition) is 1. The molecule has 1 aromatic rings. The van der Waals surface area contributed by atoms with Crippen molar-refractivity contribution in [1.29, 1.82) is 0 Å². The highest BCUT2D eigenvalue weighted by molar-refractivity contribution is 5.96. The first-order valence-corrected chi connectivity index (χ1v) is 6.68. The number of benzene rings is 1. The minimum Gasteiger partial charge on any atom is -0.314 e. The van der Waals surface area contributed by atoms with Crippen LogP contribution in [0.5, 0.6) is 0 Å². The van der Waals surface area contributed by atoms with Crippen LogP contribution in [0.1, 0.15) is 31.7 Å². The van der Waals surface area contributed by atoms with Crippen LogP contribution in [0.15, 0.2) is 24.3 Å². The van der Waals surface area contributed by atoms with Crippen molar-refractivity contribution in [3.05, 3.63) is 29.8 Å². The van der Waals surface area contributed by atoms with Crippen LogP contribution in [0.3, 0.4) is 0 Å². The van der Waals surface area contributed by atoms with Gasteiger partial charge in [0.05, 0.1) is 6.04 Å². The lowest BCUT2D eigenvalue weighted by Crippen LogP contribution is -2.50. The number of hydrogen-bond acceptors (Lipinski definition) is 2. The van der Waals surface area contributed by atoms with E-state index >= 15 is 0 Å². The standard InChI is InChI=1S/C15H22N2O/c1-11-7-9-13(10-8-11)17(3)15(18)14-6-4-5-12(2)16-14/h7-10,12,14,16H,4-6H2,1-3H3/t12-,14+/m1/s1. The van der Waals surface area contributed by atoms with E-state index in [1.54, 1.807) is 4.90 Å². The van der Waals surface area contributed by atoms with Crippen LogP contribution < -0.4 is 10.2 Å². The van der Waals surface area contributed by atoms with E-state index in [1.807, 2.05) is 31.3 Å². The lowest BCUT2D eigenvalue weighted by Gasteiger charge is -2.31. The minimum absolute atomic E-state index is 0.0277. The van der Waals surface area contributed by atoms with Gasteiger partial charge in [-0.25, -0.2) is 0 Å². The van der Waals surface area contributed by atoms with Crippen molar-refractivity contribution in [2.45, 2.75) is 45.2 Å². The summed E-state index contributed by atoms with van der Waals surface area (Å²) >= 11 is 0. The van der Waals surface area contributed by atoms with Gasteiger partial charge in [0.15, 0.2) is 0 Å². The monoisotopic (exact) mass is 246 g/mol. The maximum atomic E-state index is 12.4. The first-order valence-electron chi connectivity index (χ1n) is 6.68. The van der Waals surface area contributed by atoms with E-state index in [0.29, 0.717) is 6.04 Å². The number of likely N-dealkylation sites (N-methyl/N-ethyl adjacent to an activating group) is 1. The summed E-state index contributed by atoms with van der Waals surface area (Å²) in [6.07, 6.45) is 3.24. The summed E-state index contributed by atoms with van der Waals surface area (Å²) in [4.78, 5) is 14.2. The van der Waals surface area contributed by atoms with E-state index in [1.165, 1.54) is 5.56 Å². The lowest BCUT2D eigenvalue weighted by atomic mass is 9.98. The molecule has 18 heavy (non-hydrogen) atoms. The van der Waals surface area contributed by atoms with Crippen molar-refractivity contribution >= 4 is 11.6 Å². The van der Waals surface area contributed by atoms with Crippen molar-refractivity contribution in [3.8, 4) is 0 Å². The first-order chi connectivity index (χ1) is 8.58. The molecule has 0 spiro atoms. The Kier molecular flexibility index (Phi) is 4.02. The fraction of sp³-hybridized carbons (Fsp3) is 0.533. The molecule has 1 aliphatic heterocycles. The Morgan fingerprint density at radius 1 is 1.28 bits per heavy atom. The van der Waals surface area contributed by atoms with E-state index in [9.17, 15) is 4.79 Å². The van der Waals surface area contributed by atoms with Crippen LogP contribution in [0.2, 0.25) is 0 Å². The predicted octanol–water partition coefficient (Wildman–Crippen LogP) is 2.49. The van der Waals surface area contributed by atoms with Crippen molar-refractivity contribution < 1.29 is 4.79 Å². The van der Waals surface area contributed by atoms with Gasteiger partial charge in [-0.3, -0.25) is 4.79 Å². The van der Waals surface area contributed by atoms with Gasteiger partial charge in [-0.2, -0.15) is 0 Å². The van der Waals surface area contributed by atoms with Crippen molar-refractivity contribution in [3.63, 3.8) is 0 Å². The molecule has 1 amide bonds.